The Hall–Kier alpha value is -0.300. The minimum Gasteiger partial charge on any atom is -0.300 e. The van der Waals surface area contributed by atoms with Crippen molar-refractivity contribution in [1.82, 2.24) is 4.90 Å². The smallest absolute Gasteiger partial charge is 0.0301 e. The third kappa shape index (κ3) is 4.29. The lowest BCUT2D eigenvalue weighted by Gasteiger charge is -2.30. The molecule has 0 radical (unpaired) electrons. The van der Waals surface area contributed by atoms with Crippen LogP contribution in [0.15, 0.2) is 11.6 Å². The minimum absolute atomic E-state index is 0.707. The lowest BCUT2D eigenvalue weighted by Crippen LogP contribution is -2.34. The molecule has 0 aliphatic carbocycles. The third-order valence-electron chi connectivity index (χ3n) is 3.79. The number of nitrogens with zero attached hydrogens (tertiary/aromatic N) is 1. The summed E-state index contributed by atoms with van der Waals surface area (Å²) in [7, 11) is 2.30. The van der Waals surface area contributed by atoms with Crippen molar-refractivity contribution >= 4 is 0 Å². The van der Waals surface area contributed by atoms with Crippen LogP contribution in [-0.2, 0) is 0 Å². The molecule has 0 aromatic carbocycles. The van der Waals surface area contributed by atoms with E-state index in [1.165, 1.54) is 57.9 Å². The van der Waals surface area contributed by atoms with Crippen LogP contribution in [0, 0.1) is 0 Å². The van der Waals surface area contributed by atoms with E-state index >= 15 is 0 Å². The second-order valence-corrected chi connectivity index (χ2v) is 5.11. The van der Waals surface area contributed by atoms with Crippen LogP contribution in [0.25, 0.3) is 0 Å². The van der Waals surface area contributed by atoms with Crippen LogP contribution in [-0.4, -0.2) is 24.5 Å². The number of likely N-dealkylation sites (N-methyl/N-ethyl adjacent to an activating group) is 1. The van der Waals surface area contributed by atoms with Crippen molar-refractivity contribution in [3.8, 4) is 0 Å². The Morgan fingerprint density at radius 1 is 1.12 bits per heavy atom. The molecule has 0 aromatic rings. The molecule has 1 rings (SSSR count). The lowest BCUT2D eigenvalue weighted by molar-refractivity contribution is 0.250. The highest BCUT2D eigenvalue weighted by Crippen LogP contribution is 2.22. The van der Waals surface area contributed by atoms with Crippen LogP contribution >= 0.6 is 0 Å². The van der Waals surface area contributed by atoms with E-state index in [1.807, 2.05) is 0 Å². The number of allylic oxidation sites excluding steroid dienone is 1. The molecule has 0 bridgehead atoms. The predicted molar refractivity (Wildman–Crippen MR) is 72.8 cm³/mol. The predicted octanol–water partition coefficient (Wildman–Crippen LogP) is 4.39. The van der Waals surface area contributed by atoms with Crippen molar-refractivity contribution in [2.24, 2.45) is 0 Å². The van der Waals surface area contributed by atoms with E-state index in [4.69, 9.17) is 0 Å². The van der Waals surface area contributed by atoms with Gasteiger partial charge in [0, 0.05) is 6.04 Å². The van der Waals surface area contributed by atoms with Gasteiger partial charge in [0.2, 0.25) is 0 Å². The van der Waals surface area contributed by atoms with E-state index in [0.29, 0.717) is 6.04 Å². The van der Waals surface area contributed by atoms with Crippen LogP contribution < -0.4 is 0 Å². The molecule has 0 N–H and O–H groups in total. The van der Waals surface area contributed by atoms with Crippen molar-refractivity contribution in [2.45, 2.75) is 71.3 Å². The molecule has 0 saturated carbocycles. The summed E-state index contributed by atoms with van der Waals surface area (Å²) >= 11 is 0. The molecule has 1 saturated heterocycles. The van der Waals surface area contributed by atoms with Gasteiger partial charge in [-0.15, -0.1) is 0 Å². The molecular weight excluding hydrogens is 194 g/mol. The summed E-state index contributed by atoms with van der Waals surface area (Å²) in [6.45, 7) is 5.87. The van der Waals surface area contributed by atoms with E-state index in [9.17, 15) is 0 Å². The van der Waals surface area contributed by atoms with Gasteiger partial charge >= 0.3 is 0 Å². The molecule has 0 spiro atoms. The van der Waals surface area contributed by atoms with Gasteiger partial charge in [-0.3, -0.25) is 4.90 Å². The fraction of sp³-hybridized carbons (Fsp3) is 0.867. The molecule has 0 amide bonds. The molecule has 1 aliphatic heterocycles. The maximum atomic E-state index is 2.58. The third-order valence-corrected chi connectivity index (χ3v) is 3.79. The molecule has 1 unspecified atom stereocenters. The molecule has 1 heteroatoms. The Morgan fingerprint density at radius 3 is 2.50 bits per heavy atom. The van der Waals surface area contributed by atoms with Gasteiger partial charge in [-0.2, -0.15) is 0 Å². The van der Waals surface area contributed by atoms with Crippen molar-refractivity contribution in [1.29, 1.82) is 0 Å². The van der Waals surface area contributed by atoms with Crippen molar-refractivity contribution in [2.75, 3.05) is 13.6 Å². The highest BCUT2D eigenvalue weighted by molar-refractivity contribution is 5.11. The normalized spacial score (nSPS) is 28.2. The highest BCUT2D eigenvalue weighted by atomic mass is 15.1. The van der Waals surface area contributed by atoms with Gasteiger partial charge in [0.15, 0.2) is 0 Å². The zero-order valence-corrected chi connectivity index (χ0v) is 11.5. The number of hydrogen-bond donors (Lipinski definition) is 0. The van der Waals surface area contributed by atoms with Gasteiger partial charge < -0.3 is 0 Å². The molecule has 1 atom stereocenters. The minimum atomic E-state index is 0.707. The average molecular weight is 223 g/mol. The number of rotatable bonds is 2. The molecule has 1 nitrogen and oxygen atoms in total. The summed E-state index contributed by atoms with van der Waals surface area (Å²) in [5, 5.41) is 0. The Kier molecular flexibility index (Phi) is 6.79. The first-order valence-electron chi connectivity index (χ1n) is 7.18. The maximum absolute atomic E-state index is 2.58. The monoisotopic (exact) mass is 223 g/mol. The molecule has 1 heterocycles. The molecular formula is C15H29N. The Balaban J connectivity index is 2.69. The molecule has 1 aliphatic rings. The van der Waals surface area contributed by atoms with Crippen LogP contribution in [0.4, 0.5) is 0 Å². The topological polar surface area (TPSA) is 3.24 Å². The summed E-state index contributed by atoms with van der Waals surface area (Å²) in [6.07, 6.45) is 13.3. The largest absolute Gasteiger partial charge is 0.300 e. The van der Waals surface area contributed by atoms with Gasteiger partial charge in [-0.1, -0.05) is 44.8 Å². The van der Waals surface area contributed by atoms with Crippen molar-refractivity contribution < 1.29 is 0 Å². The van der Waals surface area contributed by atoms with Crippen LogP contribution in [0.2, 0.25) is 0 Å². The Bertz CT molecular complexity index is 207. The fourth-order valence-corrected chi connectivity index (χ4v) is 2.90. The molecule has 94 valence electrons. The van der Waals surface area contributed by atoms with Crippen LogP contribution in [0.5, 0.6) is 0 Å². The fourth-order valence-electron chi connectivity index (χ4n) is 2.90. The first kappa shape index (κ1) is 13.8. The second-order valence-electron chi connectivity index (χ2n) is 5.11. The number of hydrogen-bond acceptors (Lipinski definition) is 1. The standard InChI is InChI=1S/C15H29N/c1-4-11-14-12-9-7-6-8-10-13-16(3)15(14)5-2/h11,15H,4-10,12-13H2,1-3H3. The summed E-state index contributed by atoms with van der Waals surface area (Å²) in [6, 6.07) is 0.707. The van der Waals surface area contributed by atoms with Gasteiger partial charge in [0.1, 0.15) is 0 Å². The van der Waals surface area contributed by atoms with Crippen molar-refractivity contribution in [3.05, 3.63) is 11.6 Å². The van der Waals surface area contributed by atoms with E-state index in [1.54, 1.807) is 5.57 Å². The zero-order chi connectivity index (χ0) is 11.8. The van der Waals surface area contributed by atoms with Gasteiger partial charge in [-0.05, 0) is 45.7 Å². The maximum Gasteiger partial charge on any atom is 0.0301 e. The first-order chi connectivity index (χ1) is 7.79. The summed E-state index contributed by atoms with van der Waals surface area (Å²) in [4.78, 5) is 2.58. The lowest BCUT2D eigenvalue weighted by atomic mass is 9.94. The average Bonchev–Trinajstić information content (AvgIpc) is 2.28. The quantitative estimate of drug-likeness (QED) is 0.628. The van der Waals surface area contributed by atoms with Crippen LogP contribution in [0.3, 0.4) is 0 Å². The van der Waals surface area contributed by atoms with Crippen LogP contribution in [0.1, 0.15) is 65.2 Å². The summed E-state index contributed by atoms with van der Waals surface area (Å²) in [5.74, 6) is 0. The second kappa shape index (κ2) is 7.89. The van der Waals surface area contributed by atoms with E-state index in [2.05, 4.69) is 31.9 Å². The Labute approximate surface area is 102 Å². The highest BCUT2D eigenvalue weighted by Gasteiger charge is 2.17. The van der Waals surface area contributed by atoms with E-state index < -0.39 is 0 Å². The van der Waals surface area contributed by atoms with Crippen molar-refractivity contribution in [3.63, 3.8) is 0 Å². The van der Waals surface area contributed by atoms with Gasteiger partial charge in [0.25, 0.3) is 0 Å². The molecule has 1 fully saturated rings. The van der Waals surface area contributed by atoms with Gasteiger partial charge in [0.05, 0.1) is 0 Å². The molecule has 16 heavy (non-hydrogen) atoms. The van der Waals surface area contributed by atoms with E-state index in [-0.39, 0.29) is 0 Å². The first-order valence-corrected chi connectivity index (χ1v) is 7.18. The summed E-state index contributed by atoms with van der Waals surface area (Å²) < 4.78 is 0. The molecule has 0 aromatic heterocycles. The zero-order valence-electron chi connectivity index (χ0n) is 11.5. The SMILES string of the molecule is CCC=C1CCCCCCCN(C)C1CC. The summed E-state index contributed by atoms with van der Waals surface area (Å²) in [5.41, 5.74) is 1.70. The van der Waals surface area contributed by atoms with E-state index in [0.717, 1.165) is 0 Å². The van der Waals surface area contributed by atoms with Gasteiger partial charge in [-0.25, -0.2) is 0 Å². The Morgan fingerprint density at radius 2 is 1.81 bits per heavy atom.